The van der Waals surface area contributed by atoms with Crippen LogP contribution in [0.3, 0.4) is 0 Å². The first kappa shape index (κ1) is 19.2. The third kappa shape index (κ3) is 5.46. The molecule has 2 heterocycles. The number of nitro benzene ring substituents is 1. The van der Waals surface area contributed by atoms with Crippen molar-refractivity contribution >= 4 is 40.0 Å². The zero-order valence-electron chi connectivity index (χ0n) is 14.8. The number of benzene rings is 1. The predicted octanol–water partition coefficient (Wildman–Crippen LogP) is 3.25. The zero-order valence-corrected chi connectivity index (χ0v) is 16.4. The van der Waals surface area contributed by atoms with Crippen LogP contribution in [0.15, 0.2) is 53.2 Å². The molecule has 0 aliphatic rings. The Morgan fingerprint density at radius 1 is 1.11 bits per heavy atom. The standard InChI is InChI=1S/C19H19N3O3S2/c1-14-6-7-15(22(24)25)10-18(14)20-19(23)13-21(11-16-4-2-8-26-16)12-17-5-3-9-27-17/h2-10H,11-13H2,1H3,(H,20,23)/p+1. The quantitative estimate of drug-likeness (QED) is 0.449. The molecule has 0 aliphatic carbocycles. The van der Waals surface area contributed by atoms with Crippen molar-refractivity contribution in [2.75, 3.05) is 11.9 Å². The van der Waals surface area contributed by atoms with Crippen LogP contribution < -0.4 is 10.2 Å². The van der Waals surface area contributed by atoms with Crippen LogP contribution >= 0.6 is 22.7 Å². The molecule has 0 saturated carbocycles. The average Bonchev–Trinajstić information content (AvgIpc) is 3.30. The number of thiophene rings is 2. The molecule has 8 heteroatoms. The highest BCUT2D eigenvalue weighted by Crippen LogP contribution is 2.21. The largest absolute Gasteiger partial charge is 0.321 e. The smallest absolute Gasteiger partial charge is 0.279 e. The molecule has 140 valence electrons. The van der Waals surface area contributed by atoms with Crippen molar-refractivity contribution in [1.29, 1.82) is 0 Å². The highest BCUT2D eigenvalue weighted by molar-refractivity contribution is 7.10. The fourth-order valence-electron chi connectivity index (χ4n) is 2.79. The molecule has 0 saturated heterocycles. The van der Waals surface area contributed by atoms with Crippen LogP contribution in [0.4, 0.5) is 11.4 Å². The molecule has 0 fully saturated rings. The van der Waals surface area contributed by atoms with E-state index in [0.29, 0.717) is 5.69 Å². The molecule has 2 N–H and O–H groups in total. The molecule has 2 aromatic heterocycles. The van der Waals surface area contributed by atoms with Gasteiger partial charge in [0.2, 0.25) is 0 Å². The minimum atomic E-state index is -0.458. The lowest BCUT2D eigenvalue weighted by atomic mass is 10.2. The number of rotatable bonds is 8. The Morgan fingerprint density at radius 2 is 1.74 bits per heavy atom. The molecule has 1 amide bonds. The van der Waals surface area contributed by atoms with Gasteiger partial charge in [-0.2, -0.15) is 0 Å². The summed E-state index contributed by atoms with van der Waals surface area (Å²) in [5.41, 5.74) is 1.25. The molecule has 0 spiro atoms. The lowest BCUT2D eigenvalue weighted by Crippen LogP contribution is -3.10. The second-order valence-corrected chi connectivity index (χ2v) is 8.31. The summed E-state index contributed by atoms with van der Waals surface area (Å²) in [7, 11) is 0. The van der Waals surface area contributed by atoms with E-state index >= 15 is 0 Å². The third-order valence-corrected chi connectivity index (χ3v) is 5.88. The first-order chi connectivity index (χ1) is 13.0. The van der Waals surface area contributed by atoms with Gasteiger partial charge in [0, 0.05) is 12.1 Å². The van der Waals surface area contributed by atoms with E-state index in [1.54, 1.807) is 28.7 Å². The summed E-state index contributed by atoms with van der Waals surface area (Å²) in [6.07, 6.45) is 0. The first-order valence-corrected chi connectivity index (χ1v) is 10.2. The average molecular weight is 403 g/mol. The summed E-state index contributed by atoms with van der Waals surface area (Å²) in [5.74, 6) is -0.151. The lowest BCUT2D eigenvalue weighted by molar-refractivity contribution is -0.918. The highest BCUT2D eigenvalue weighted by atomic mass is 32.1. The number of quaternary nitrogens is 1. The SMILES string of the molecule is Cc1ccc([N+](=O)[O-])cc1NC(=O)C[NH+](Cc1cccs1)Cc1cccs1. The van der Waals surface area contributed by atoms with E-state index in [0.717, 1.165) is 23.6 Å². The number of amides is 1. The molecule has 0 radical (unpaired) electrons. The van der Waals surface area contributed by atoms with Crippen molar-refractivity contribution in [1.82, 2.24) is 0 Å². The molecule has 0 aliphatic heterocycles. The lowest BCUT2D eigenvalue weighted by Gasteiger charge is -2.18. The summed E-state index contributed by atoms with van der Waals surface area (Å²) >= 11 is 3.36. The summed E-state index contributed by atoms with van der Waals surface area (Å²) in [5, 5.41) is 17.9. The van der Waals surface area contributed by atoms with Gasteiger partial charge in [-0.25, -0.2) is 0 Å². The van der Waals surface area contributed by atoms with Crippen LogP contribution in [-0.2, 0) is 17.9 Å². The third-order valence-electron chi connectivity index (χ3n) is 4.13. The van der Waals surface area contributed by atoms with Gasteiger partial charge in [-0.1, -0.05) is 18.2 Å². The molecule has 0 bridgehead atoms. The fourth-order valence-corrected chi connectivity index (χ4v) is 4.34. The van der Waals surface area contributed by atoms with Gasteiger partial charge < -0.3 is 10.2 Å². The summed E-state index contributed by atoms with van der Waals surface area (Å²) < 4.78 is 0. The van der Waals surface area contributed by atoms with Crippen molar-refractivity contribution in [3.63, 3.8) is 0 Å². The van der Waals surface area contributed by atoms with Crippen molar-refractivity contribution in [3.05, 3.63) is 78.7 Å². The molecule has 6 nitrogen and oxygen atoms in total. The molecular weight excluding hydrogens is 382 g/mol. The summed E-state index contributed by atoms with van der Waals surface area (Å²) in [6, 6.07) is 12.7. The second kappa shape index (κ2) is 8.90. The van der Waals surface area contributed by atoms with Crippen LogP contribution in [0.2, 0.25) is 0 Å². The van der Waals surface area contributed by atoms with Crippen LogP contribution in [-0.4, -0.2) is 17.4 Å². The number of hydrogen-bond acceptors (Lipinski definition) is 5. The van der Waals surface area contributed by atoms with Crippen LogP contribution in [0.5, 0.6) is 0 Å². The molecule has 1 aromatic carbocycles. The fraction of sp³-hybridized carbons (Fsp3) is 0.211. The van der Waals surface area contributed by atoms with E-state index in [1.165, 1.54) is 21.9 Å². The zero-order chi connectivity index (χ0) is 19.2. The summed E-state index contributed by atoms with van der Waals surface area (Å²) in [6.45, 7) is 3.63. The van der Waals surface area contributed by atoms with Gasteiger partial charge in [-0.15, -0.1) is 22.7 Å². The van der Waals surface area contributed by atoms with Crippen molar-refractivity contribution in [3.8, 4) is 0 Å². The summed E-state index contributed by atoms with van der Waals surface area (Å²) in [4.78, 5) is 26.7. The van der Waals surface area contributed by atoms with E-state index in [-0.39, 0.29) is 18.1 Å². The highest BCUT2D eigenvalue weighted by Gasteiger charge is 2.18. The minimum absolute atomic E-state index is 0.0303. The van der Waals surface area contributed by atoms with Crippen molar-refractivity contribution in [2.45, 2.75) is 20.0 Å². The van der Waals surface area contributed by atoms with Gasteiger partial charge in [-0.3, -0.25) is 14.9 Å². The maximum Gasteiger partial charge on any atom is 0.279 e. The van der Waals surface area contributed by atoms with E-state index in [2.05, 4.69) is 17.4 Å². The minimum Gasteiger partial charge on any atom is -0.321 e. The normalized spacial score (nSPS) is 10.9. The number of hydrogen-bond donors (Lipinski definition) is 2. The van der Waals surface area contributed by atoms with Gasteiger partial charge in [0.25, 0.3) is 11.6 Å². The Bertz CT molecular complexity index is 872. The molecule has 3 aromatic rings. The maximum atomic E-state index is 12.6. The molecule has 0 unspecified atom stereocenters. The Kier molecular flexibility index (Phi) is 6.33. The second-order valence-electron chi connectivity index (χ2n) is 6.24. The number of carbonyl (C=O) groups is 1. The topological polar surface area (TPSA) is 76.7 Å². The van der Waals surface area contributed by atoms with Gasteiger partial charge in [-0.05, 0) is 35.4 Å². The number of nitro groups is 1. The number of anilines is 1. The van der Waals surface area contributed by atoms with E-state index in [4.69, 9.17) is 0 Å². The molecule has 0 atom stereocenters. The van der Waals surface area contributed by atoms with E-state index < -0.39 is 4.92 Å². The van der Waals surface area contributed by atoms with Gasteiger partial charge in [0.05, 0.1) is 20.4 Å². The number of nitrogens with one attached hydrogen (secondary N) is 2. The van der Waals surface area contributed by atoms with Crippen molar-refractivity contribution in [2.24, 2.45) is 0 Å². The van der Waals surface area contributed by atoms with E-state index in [1.807, 2.05) is 29.8 Å². The molecular formula is C19H20N3O3S2+. The molecule has 3 rings (SSSR count). The Balaban J connectivity index is 1.70. The maximum absolute atomic E-state index is 12.6. The Labute approximate surface area is 165 Å². The molecule has 27 heavy (non-hydrogen) atoms. The van der Waals surface area contributed by atoms with Crippen LogP contribution in [0.1, 0.15) is 15.3 Å². The van der Waals surface area contributed by atoms with Crippen LogP contribution in [0, 0.1) is 17.0 Å². The Hall–Kier alpha value is -2.55. The van der Waals surface area contributed by atoms with Crippen LogP contribution in [0.25, 0.3) is 0 Å². The predicted molar refractivity (Wildman–Crippen MR) is 108 cm³/mol. The number of aryl methyl sites for hydroxylation is 1. The monoisotopic (exact) mass is 402 g/mol. The van der Waals surface area contributed by atoms with Gasteiger partial charge in [0.15, 0.2) is 6.54 Å². The van der Waals surface area contributed by atoms with E-state index in [9.17, 15) is 14.9 Å². The van der Waals surface area contributed by atoms with Gasteiger partial charge >= 0.3 is 0 Å². The Morgan fingerprint density at radius 3 is 2.26 bits per heavy atom. The van der Waals surface area contributed by atoms with Gasteiger partial charge in [0.1, 0.15) is 13.1 Å². The number of carbonyl (C=O) groups excluding carboxylic acids is 1. The number of non-ortho nitro benzene ring substituents is 1. The first-order valence-electron chi connectivity index (χ1n) is 8.44. The number of nitrogens with zero attached hydrogens (tertiary/aromatic N) is 1. The van der Waals surface area contributed by atoms with Crippen molar-refractivity contribution < 1.29 is 14.6 Å².